The number of benzene rings is 1. The number of carbonyl (C=O) groups is 1. The van der Waals surface area contributed by atoms with E-state index < -0.39 is 5.97 Å². The van der Waals surface area contributed by atoms with E-state index in [4.69, 9.17) is 5.11 Å². The Bertz CT molecular complexity index is 632. The number of aromatic carboxylic acids is 1. The summed E-state index contributed by atoms with van der Waals surface area (Å²) >= 11 is 0. The number of nitrogens with zero attached hydrogens (tertiary/aromatic N) is 3. The molecule has 1 N–H and O–H groups in total. The molecule has 5 heteroatoms. The van der Waals surface area contributed by atoms with Crippen LogP contribution < -0.4 is 0 Å². The largest absolute Gasteiger partial charge is 0.476 e. The maximum absolute atomic E-state index is 11.2. The third-order valence-electron chi connectivity index (χ3n) is 3.35. The molecule has 0 unspecified atom stereocenters. The number of aryl methyl sites for hydroxylation is 2. The van der Waals surface area contributed by atoms with Crippen LogP contribution in [0.1, 0.15) is 46.2 Å². The first-order valence-corrected chi connectivity index (χ1v) is 6.74. The summed E-state index contributed by atoms with van der Waals surface area (Å²) in [7, 11) is 0. The lowest BCUT2D eigenvalue weighted by Crippen LogP contribution is -2.10. The zero-order valence-electron chi connectivity index (χ0n) is 12.1. The summed E-state index contributed by atoms with van der Waals surface area (Å²) in [5, 5.41) is 17.0. The average Bonchev–Trinajstić information content (AvgIpc) is 2.78. The Kier molecular flexibility index (Phi) is 4.17. The van der Waals surface area contributed by atoms with Gasteiger partial charge in [-0.25, -0.2) is 9.48 Å². The highest BCUT2D eigenvalue weighted by Crippen LogP contribution is 2.15. The monoisotopic (exact) mass is 273 g/mol. The molecule has 2 rings (SSSR count). The van der Waals surface area contributed by atoms with E-state index in [2.05, 4.69) is 28.5 Å². The van der Waals surface area contributed by atoms with Crippen molar-refractivity contribution in [2.45, 2.75) is 40.2 Å². The summed E-state index contributed by atoms with van der Waals surface area (Å²) in [6, 6.07) is 6.24. The van der Waals surface area contributed by atoms with E-state index in [-0.39, 0.29) is 5.69 Å². The van der Waals surface area contributed by atoms with Crippen molar-refractivity contribution >= 4 is 5.97 Å². The van der Waals surface area contributed by atoms with E-state index >= 15 is 0 Å². The Hall–Kier alpha value is -2.17. The van der Waals surface area contributed by atoms with E-state index in [9.17, 15) is 4.79 Å². The highest BCUT2D eigenvalue weighted by molar-refractivity contribution is 5.86. The quantitative estimate of drug-likeness (QED) is 0.909. The van der Waals surface area contributed by atoms with Crippen LogP contribution in [0.4, 0.5) is 0 Å². The molecule has 20 heavy (non-hydrogen) atoms. The number of aromatic nitrogens is 3. The molecule has 0 radical (unpaired) electrons. The number of carboxylic acid groups (broad SMARTS) is 1. The molecular formula is C15H19N3O2. The van der Waals surface area contributed by atoms with Gasteiger partial charge in [0.2, 0.25) is 0 Å². The molecule has 1 heterocycles. The first-order valence-electron chi connectivity index (χ1n) is 6.74. The van der Waals surface area contributed by atoms with Gasteiger partial charge >= 0.3 is 5.97 Å². The fourth-order valence-corrected chi connectivity index (χ4v) is 2.24. The summed E-state index contributed by atoms with van der Waals surface area (Å²) in [6.07, 6.45) is 1.53. The van der Waals surface area contributed by atoms with E-state index in [1.807, 2.05) is 20.8 Å². The second-order valence-electron chi connectivity index (χ2n) is 5.03. The lowest BCUT2D eigenvalue weighted by Gasteiger charge is -2.09. The molecular weight excluding hydrogens is 254 g/mol. The molecule has 106 valence electrons. The third-order valence-corrected chi connectivity index (χ3v) is 3.35. The fraction of sp³-hybridized carbons (Fsp3) is 0.400. The fourth-order valence-electron chi connectivity index (χ4n) is 2.24. The summed E-state index contributed by atoms with van der Waals surface area (Å²) in [4.78, 5) is 11.2. The van der Waals surface area contributed by atoms with Crippen LogP contribution in [-0.4, -0.2) is 26.1 Å². The van der Waals surface area contributed by atoms with Gasteiger partial charge in [0.05, 0.1) is 12.2 Å². The molecule has 0 aliphatic rings. The van der Waals surface area contributed by atoms with Crippen molar-refractivity contribution in [2.24, 2.45) is 0 Å². The first kappa shape index (κ1) is 14.2. The second kappa shape index (κ2) is 5.86. The van der Waals surface area contributed by atoms with Crippen molar-refractivity contribution in [3.8, 4) is 0 Å². The second-order valence-corrected chi connectivity index (χ2v) is 5.03. The summed E-state index contributed by atoms with van der Waals surface area (Å²) < 4.78 is 1.70. The molecule has 0 aliphatic heterocycles. The number of hydrogen-bond acceptors (Lipinski definition) is 3. The van der Waals surface area contributed by atoms with Crippen LogP contribution in [0.25, 0.3) is 0 Å². The van der Waals surface area contributed by atoms with Gasteiger partial charge in [-0.1, -0.05) is 42.3 Å². The molecule has 2 aromatic rings. The smallest absolute Gasteiger partial charge is 0.358 e. The van der Waals surface area contributed by atoms with Crippen LogP contribution in [0.15, 0.2) is 18.2 Å². The number of carboxylic acids is 1. The normalized spacial score (nSPS) is 10.8. The molecule has 0 aliphatic carbocycles. The lowest BCUT2D eigenvalue weighted by atomic mass is 10.1. The van der Waals surface area contributed by atoms with Crippen molar-refractivity contribution in [2.75, 3.05) is 0 Å². The predicted octanol–water partition coefficient (Wildman–Crippen LogP) is 2.59. The van der Waals surface area contributed by atoms with Crippen LogP contribution in [0.3, 0.4) is 0 Å². The Morgan fingerprint density at radius 2 is 2.10 bits per heavy atom. The van der Waals surface area contributed by atoms with Crippen LogP contribution in [0, 0.1) is 13.8 Å². The number of hydrogen-bond donors (Lipinski definition) is 1. The van der Waals surface area contributed by atoms with Crippen molar-refractivity contribution in [1.29, 1.82) is 0 Å². The van der Waals surface area contributed by atoms with Crippen molar-refractivity contribution in [3.05, 3.63) is 46.3 Å². The number of rotatable bonds is 5. The summed E-state index contributed by atoms with van der Waals surface area (Å²) in [6.45, 7) is 6.66. The van der Waals surface area contributed by atoms with Gasteiger partial charge in [0.1, 0.15) is 0 Å². The Morgan fingerprint density at radius 1 is 1.35 bits per heavy atom. The Balaban J connectivity index is 2.38. The molecule has 0 saturated carbocycles. The van der Waals surface area contributed by atoms with Gasteiger partial charge in [0.25, 0.3) is 0 Å². The van der Waals surface area contributed by atoms with Crippen LogP contribution in [0.2, 0.25) is 0 Å². The molecule has 0 bridgehead atoms. The van der Waals surface area contributed by atoms with Crippen molar-refractivity contribution < 1.29 is 9.90 Å². The summed E-state index contributed by atoms with van der Waals surface area (Å²) in [5.41, 5.74) is 4.26. The molecule has 0 fully saturated rings. The van der Waals surface area contributed by atoms with Crippen LogP contribution >= 0.6 is 0 Å². The highest BCUT2D eigenvalue weighted by Gasteiger charge is 2.18. The molecule has 0 saturated heterocycles. The van der Waals surface area contributed by atoms with Gasteiger partial charge in [-0.05, 0) is 31.4 Å². The van der Waals surface area contributed by atoms with Gasteiger partial charge in [0, 0.05) is 0 Å². The van der Waals surface area contributed by atoms with Crippen molar-refractivity contribution in [3.63, 3.8) is 0 Å². The predicted molar refractivity (Wildman–Crippen MR) is 76.0 cm³/mol. The Labute approximate surface area is 118 Å². The van der Waals surface area contributed by atoms with Crippen LogP contribution in [-0.2, 0) is 13.0 Å². The maximum atomic E-state index is 11.2. The van der Waals surface area contributed by atoms with Gasteiger partial charge in [-0.2, -0.15) is 0 Å². The van der Waals surface area contributed by atoms with E-state index in [0.29, 0.717) is 18.7 Å². The molecule has 5 nitrogen and oxygen atoms in total. The minimum Gasteiger partial charge on any atom is -0.476 e. The van der Waals surface area contributed by atoms with E-state index in [1.165, 1.54) is 11.1 Å². The standard InChI is InChI=1S/C15H19N3O2/c1-4-5-13-14(15(19)20)16-17-18(13)9-12-8-10(2)6-7-11(12)3/h6-8H,4-5,9H2,1-3H3,(H,19,20). The Morgan fingerprint density at radius 3 is 2.75 bits per heavy atom. The van der Waals surface area contributed by atoms with Crippen LogP contribution in [0.5, 0.6) is 0 Å². The zero-order chi connectivity index (χ0) is 14.7. The van der Waals surface area contributed by atoms with Gasteiger partial charge in [-0.15, -0.1) is 5.10 Å². The molecule has 0 spiro atoms. The SMILES string of the molecule is CCCc1c(C(=O)O)nnn1Cc1cc(C)ccc1C. The van der Waals surface area contributed by atoms with E-state index in [0.717, 1.165) is 12.0 Å². The van der Waals surface area contributed by atoms with Crippen molar-refractivity contribution in [1.82, 2.24) is 15.0 Å². The van der Waals surface area contributed by atoms with Gasteiger partial charge < -0.3 is 5.11 Å². The zero-order valence-corrected chi connectivity index (χ0v) is 12.1. The molecule has 0 atom stereocenters. The molecule has 0 amide bonds. The highest BCUT2D eigenvalue weighted by atomic mass is 16.4. The van der Waals surface area contributed by atoms with E-state index in [1.54, 1.807) is 4.68 Å². The molecule has 1 aromatic carbocycles. The average molecular weight is 273 g/mol. The maximum Gasteiger partial charge on any atom is 0.358 e. The minimum absolute atomic E-state index is 0.0668. The first-order chi connectivity index (χ1) is 9.52. The molecule has 1 aromatic heterocycles. The topological polar surface area (TPSA) is 68.0 Å². The minimum atomic E-state index is -1.01. The lowest BCUT2D eigenvalue weighted by molar-refractivity contribution is 0.0689. The van der Waals surface area contributed by atoms with Gasteiger partial charge in [0.15, 0.2) is 5.69 Å². The van der Waals surface area contributed by atoms with Gasteiger partial charge in [-0.3, -0.25) is 0 Å². The summed E-state index contributed by atoms with van der Waals surface area (Å²) in [5.74, 6) is -1.01. The third kappa shape index (κ3) is 2.87.